The first-order chi connectivity index (χ1) is 19.1. The highest BCUT2D eigenvalue weighted by Crippen LogP contribution is 2.51. The van der Waals surface area contributed by atoms with Crippen LogP contribution in [0.4, 0.5) is 5.69 Å². The Kier molecular flexibility index (Phi) is 6.47. The molecule has 0 unspecified atom stereocenters. The van der Waals surface area contributed by atoms with Crippen LogP contribution >= 0.6 is 0 Å². The second-order valence-electron chi connectivity index (χ2n) is 9.89. The van der Waals surface area contributed by atoms with Crippen LogP contribution in [0.1, 0.15) is 16.7 Å². The number of hydrogen-bond acceptors (Lipinski definition) is 5. The van der Waals surface area contributed by atoms with Gasteiger partial charge in [0.2, 0.25) is 0 Å². The summed E-state index contributed by atoms with van der Waals surface area (Å²) >= 11 is 0. The van der Waals surface area contributed by atoms with E-state index in [9.17, 15) is 10.2 Å². The maximum atomic E-state index is 10.1. The number of fused-ring (bicyclic) bond motifs is 5. The fourth-order valence-corrected chi connectivity index (χ4v) is 5.98. The SMILES string of the molecule is COc1cc2c3c(ccc2c(-c2ccc(-c4ccccc4)cc2)c1OC)-c1ccc(CO)c(CO)c1CN3C. The fourth-order valence-electron chi connectivity index (χ4n) is 5.98. The van der Waals surface area contributed by atoms with E-state index in [4.69, 9.17) is 9.47 Å². The first-order valence-corrected chi connectivity index (χ1v) is 13.0. The van der Waals surface area contributed by atoms with Gasteiger partial charge in [0, 0.05) is 30.1 Å². The summed E-state index contributed by atoms with van der Waals surface area (Å²) < 4.78 is 11.8. The molecule has 0 bridgehead atoms. The van der Waals surface area contributed by atoms with Gasteiger partial charge in [0.05, 0.1) is 33.1 Å². The third-order valence-electron chi connectivity index (χ3n) is 7.84. The number of aliphatic hydroxyl groups excluding tert-OH is 2. The van der Waals surface area contributed by atoms with Crippen LogP contribution in [0.2, 0.25) is 0 Å². The molecule has 0 saturated heterocycles. The van der Waals surface area contributed by atoms with Crippen LogP contribution in [0.5, 0.6) is 11.5 Å². The van der Waals surface area contributed by atoms with Crippen molar-refractivity contribution in [1.29, 1.82) is 0 Å². The van der Waals surface area contributed by atoms with Gasteiger partial charge in [-0.3, -0.25) is 0 Å². The van der Waals surface area contributed by atoms with Gasteiger partial charge in [0.15, 0.2) is 11.5 Å². The fraction of sp³-hybridized carbons (Fsp3) is 0.176. The Morgan fingerprint density at radius 3 is 2.08 bits per heavy atom. The summed E-state index contributed by atoms with van der Waals surface area (Å²) in [6, 6.07) is 29.3. The number of benzene rings is 5. The van der Waals surface area contributed by atoms with E-state index in [0.717, 1.165) is 61.0 Å². The number of rotatable bonds is 6. The van der Waals surface area contributed by atoms with Gasteiger partial charge in [-0.1, -0.05) is 78.9 Å². The highest BCUT2D eigenvalue weighted by molar-refractivity contribution is 6.11. The Labute approximate surface area is 228 Å². The average Bonchev–Trinajstić information content (AvgIpc) is 2.99. The summed E-state index contributed by atoms with van der Waals surface area (Å²) in [5, 5.41) is 22.1. The minimum atomic E-state index is -0.107. The Morgan fingerprint density at radius 1 is 0.718 bits per heavy atom. The second-order valence-corrected chi connectivity index (χ2v) is 9.89. The number of aliphatic hydroxyl groups is 2. The zero-order valence-corrected chi connectivity index (χ0v) is 22.4. The van der Waals surface area contributed by atoms with E-state index in [0.29, 0.717) is 18.0 Å². The number of anilines is 1. The van der Waals surface area contributed by atoms with E-state index < -0.39 is 0 Å². The maximum absolute atomic E-state index is 10.1. The van der Waals surface area contributed by atoms with E-state index in [1.807, 2.05) is 24.3 Å². The van der Waals surface area contributed by atoms with E-state index in [1.54, 1.807) is 14.2 Å². The Morgan fingerprint density at radius 2 is 1.41 bits per heavy atom. The van der Waals surface area contributed by atoms with Crippen LogP contribution in [-0.4, -0.2) is 31.5 Å². The molecule has 2 N–H and O–H groups in total. The number of hydrogen-bond donors (Lipinski definition) is 2. The monoisotopic (exact) mass is 517 g/mol. The third-order valence-corrected chi connectivity index (χ3v) is 7.84. The maximum Gasteiger partial charge on any atom is 0.169 e. The molecule has 5 nitrogen and oxygen atoms in total. The standard InChI is InChI=1S/C34H31NO4/c1-35-18-29-25(14-13-24(19-36)30(29)20-37)27-16-15-26-28(33(27)35)17-31(38-2)34(39-3)32(26)23-11-9-22(10-12-23)21-7-5-4-6-8-21/h4-17,36-37H,18-20H2,1-3H3. The smallest absolute Gasteiger partial charge is 0.169 e. The van der Waals surface area contributed by atoms with Gasteiger partial charge in [0.1, 0.15) is 0 Å². The van der Waals surface area contributed by atoms with Crippen molar-refractivity contribution < 1.29 is 19.7 Å². The van der Waals surface area contributed by atoms with Crippen LogP contribution in [0.15, 0.2) is 84.9 Å². The van der Waals surface area contributed by atoms with Gasteiger partial charge >= 0.3 is 0 Å². The molecule has 0 aromatic heterocycles. The van der Waals surface area contributed by atoms with Crippen molar-refractivity contribution in [3.05, 3.63) is 102 Å². The zero-order valence-electron chi connectivity index (χ0n) is 22.4. The largest absolute Gasteiger partial charge is 0.493 e. The molecular weight excluding hydrogens is 486 g/mol. The summed E-state index contributed by atoms with van der Waals surface area (Å²) in [5.41, 5.74) is 10.2. The molecule has 6 rings (SSSR count). The molecule has 0 atom stereocenters. The second kappa shape index (κ2) is 10.1. The van der Waals surface area contributed by atoms with Crippen molar-refractivity contribution in [2.75, 3.05) is 26.2 Å². The van der Waals surface area contributed by atoms with E-state index in [1.165, 1.54) is 5.56 Å². The van der Waals surface area contributed by atoms with Gasteiger partial charge < -0.3 is 24.6 Å². The van der Waals surface area contributed by atoms with Crippen LogP contribution in [0, 0.1) is 0 Å². The van der Waals surface area contributed by atoms with Crippen LogP contribution in [0.25, 0.3) is 44.2 Å². The summed E-state index contributed by atoms with van der Waals surface area (Å²) in [6.45, 7) is 0.422. The van der Waals surface area contributed by atoms with Gasteiger partial charge in [0.25, 0.3) is 0 Å². The number of nitrogens with zero attached hydrogens (tertiary/aromatic N) is 1. The van der Waals surface area contributed by atoms with Crippen LogP contribution in [-0.2, 0) is 19.8 Å². The predicted molar refractivity (Wildman–Crippen MR) is 157 cm³/mol. The third kappa shape index (κ3) is 4.02. The molecule has 0 radical (unpaired) electrons. The number of methoxy groups -OCH3 is 2. The predicted octanol–water partition coefficient (Wildman–Crippen LogP) is 6.79. The molecular formula is C34H31NO4. The summed E-state index contributed by atoms with van der Waals surface area (Å²) in [7, 11) is 5.42. The summed E-state index contributed by atoms with van der Waals surface area (Å²) in [5.74, 6) is 1.37. The molecule has 5 aromatic rings. The van der Waals surface area contributed by atoms with Gasteiger partial charge in [-0.25, -0.2) is 0 Å². The Balaban J connectivity index is 1.59. The lowest BCUT2D eigenvalue weighted by Crippen LogP contribution is -2.24. The van der Waals surface area contributed by atoms with Gasteiger partial charge in [-0.15, -0.1) is 0 Å². The lowest BCUT2D eigenvalue weighted by molar-refractivity contribution is 0.259. The first-order valence-electron chi connectivity index (χ1n) is 13.0. The van der Waals surface area contributed by atoms with Crippen LogP contribution < -0.4 is 14.4 Å². The van der Waals surface area contributed by atoms with E-state index in [2.05, 4.69) is 72.6 Å². The molecule has 39 heavy (non-hydrogen) atoms. The molecule has 0 spiro atoms. The lowest BCUT2D eigenvalue weighted by Gasteiger charge is -2.33. The van der Waals surface area contributed by atoms with E-state index in [-0.39, 0.29) is 13.2 Å². The molecule has 5 heteroatoms. The highest BCUT2D eigenvalue weighted by atomic mass is 16.5. The van der Waals surface area contributed by atoms with Crippen molar-refractivity contribution in [2.45, 2.75) is 19.8 Å². The lowest BCUT2D eigenvalue weighted by atomic mass is 9.85. The van der Waals surface area contributed by atoms with Gasteiger partial charge in [-0.2, -0.15) is 0 Å². The molecule has 0 fully saturated rings. The quantitative estimate of drug-likeness (QED) is 0.260. The molecule has 0 saturated carbocycles. The highest BCUT2D eigenvalue weighted by Gasteiger charge is 2.27. The zero-order chi connectivity index (χ0) is 27.1. The molecule has 1 aliphatic heterocycles. The minimum absolute atomic E-state index is 0.0963. The normalized spacial score (nSPS) is 12.3. The average molecular weight is 518 g/mol. The van der Waals surface area contributed by atoms with Gasteiger partial charge in [-0.05, 0) is 50.4 Å². The summed E-state index contributed by atoms with van der Waals surface area (Å²) in [4.78, 5) is 2.22. The van der Waals surface area contributed by atoms with E-state index >= 15 is 0 Å². The molecule has 196 valence electrons. The molecule has 1 heterocycles. The van der Waals surface area contributed by atoms with Crippen LogP contribution in [0.3, 0.4) is 0 Å². The van der Waals surface area contributed by atoms with Crippen molar-refractivity contribution in [1.82, 2.24) is 0 Å². The summed E-state index contributed by atoms with van der Waals surface area (Å²) in [6.07, 6.45) is 0. The van der Waals surface area contributed by atoms with Crippen molar-refractivity contribution >= 4 is 16.5 Å². The minimum Gasteiger partial charge on any atom is -0.493 e. The number of ether oxygens (including phenoxy) is 2. The van der Waals surface area contributed by atoms with Crippen molar-refractivity contribution in [3.63, 3.8) is 0 Å². The van der Waals surface area contributed by atoms with Crippen molar-refractivity contribution in [2.24, 2.45) is 0 Å². The van der Waals surface area contributed by atoms with Crippen molar-refractivity contribution in [3.8, 4) is 44.9 Å². The molecule has 0 aliphatic carbocycles. The topological polar surface area (TPSA) is 62.2 Å². The Bertz CT molecular complexity index is 1680. The molecule has 1 aliphatic rings. The Hall–Kier alpha value is -4.32. The molecule has 0 amide bonds. The first kappa shape index (κ1) is 25.0. The molecule has 5 aromatic carbocycles.